The molecule has 7 nitrogen and oxygen atoms in total. The van der Waals surface area contributed by atoms with E-state index in [0.717, 1.165) is 12.8 Å². The molecule has 20 heavy (non-hydrogen) atoms. The highest BCUT2D eigenvalue weighted by Gasteiger charge is 2.34. The highest BCUT2D eigenvalue weighted by Crippen LogP contribution is 2.19. The highest BCUT2D eigenvalue weighted by atomic mass is 16.4. The van der Waals surface area contributed by atoms with Gasteiger partial charge in [-0.1, -0.05) is 0 Å². The molecule has 3 amide bonds. The van der Waals surface area contributed by atoms with E-state index in [1.807, 2.05) is 0 Å². The molecule has 1 fully saturated rings. The van der Waals surface area contributed by atoms with Crippen LogP contribution in [0.3, 0.4) is 0 Å². The van der Waals surface area contributed by atoms with Crippen LogP contribution in [0.2, 0.25) is 0 Å². The third-order valence-electron chi connectivity index (χ3n) is 3.51. The van der Waals surface area contributed by atoms with Crippen molar-refractivity contribution in [1.29, 1.82) is 0 Å². The van der Waals surface area contributed by atoms with Crippen molar-refractivity contribution in [2.45, 2.75) is 32.2 Å². The molecule has 0 aromatic heterocycles. The summed E-state index contributed by atoms with van der Waals surface area (Å²) in [6, 6.07) is -1.14. The van der Waals surface area contributed by atoms with Gasteiger partial charge in [0.1, 0.15) is 12.6 Å². The van der Waals surface area contributed by atoms with Gasteiger partial charge >= 0.3 is 12.0 Å². The largest absolute Gasteiger partial charge is 0.480 e. The quantitative estimate of drug-likeness (QED) is 0.813. The fourth-order valence-electron chi connectivity index (χ4n) is 2.22. The number of aliphatic carboxylic acids is 1. The molecule has 0 aromatic rings. The van der Waals surface area contributed by atoms with Crippen LogP contribution in [0.25, 0.3) is 0 Å². The first kappa shape index (κ1) is 16.3. The lowest BCUT2D eigenvalue weighted by molar-refractivity contribution is -0.143. The Balaban J connectivity index is 2.78. The van der Waals surface area contributed by atoms with Crippen molar-refractivity contribution in [3.8, 4) is 0 Å². The SMILES string of the molecule is CCN(CC(=O)N(C)C)C(=O)N1CCCCC1C(=O)O. The van der Waals surface area contributed by atoms with Crippen LogP contribution >= 0.6 is 0 Å². The Labute approximate surface area is 119 Å². The maximum atomic E-state index is 12.4. The number of hydrogen-bond acceptors (Lipinski definition) is 3. The van der Waals surface area contributed by atoms with Gasteiger partial charge in [-0.15, -0.1) is 0 Å². The normalized spacial score (nSPS) is 18.6. The van der Waals surface area contributed by atoms with Gasteiger partial charge in [0.15, 0.2) is 0 Å². The molecule has 1 unspecified atom stereocenters. The van der Waals surface area contributed by atoms with E-state index in [2.05, 4.69) is 0 Å². The van der Waals surface area contributed by atoms with Gasteiger partial charge in [-0.25, -0.2) is 9.59 Å². The van der Waals surface area contributed by atoms with E-state index in [0.29, 0.717) is 19.5 Å². The van der Waals surface area contributed by atoms with Crippen LogP contribution < -0.4 is 0 Å². The highest BCUT2D eigenvalue weighted by molar-refractivity contribution is 5.86. The van der Waals surface area contributed by atoms with Gasteiger partial charge in [-0.05, 0) is 26.2 Å². The van der Waals surface area contributed by atoms with Gasteiger partial charge in [-0.3, -0.25) is 4.79 Å². The molecule has 1 N–H and O–H groups in total. The molecule has 1 saturated heterocycles. The van der Waals surface area contributed by atoms with Gasteiger partial charge < -0.3 is 19.8 Å². The lowest BCUT2D eigenvalue weighted by Gasteiger charge is -2.36. The second-order valence-electron chi connectivity index (χ2n) is 5.13. The molecule has 0 bridgehead atoms. The van der Waals surface area contributed by atoms with Crippen molar-refractivity contribution in [3.05, 3.63) is 0 Å². The van der Waals surface area contributed by atoms with Crippen molar-refractivity contribution in [1.82, 2.24) is 14.7 Å². The number of carbonyl (C=O) groups excluding carboxylic acids is 2. The maximum absolute atomic E-state index is 12.4. The minimum atomic E-state index is -0.979. The molecule has 0 saturated carbocycles. The summed E-state index contributed by atoms with van der Waals surface area (Å²) in [5.74, 6) is -1.16. The fourth-order valence-corrected chi connectivity index (χ4v) is 2.22. The van der Waals surface area contributed by atoms with Crippen LogP contribution in [0.1, 0.15) is 26.2 Å². The van der Waals surface area contributed by atoms with Crippen molar-refractivity contribution in [2.24, 2.45) is 0 Å². The molecule has 1 aliphatic heterocycles. The minimum absolute atomic E-state index is 0.0226. The van der Waals surface area contributed by atoms with Gasteiger partial charge in [-0.2, -0.15) is 0 Å². The average Bonchev–Trinajstić information content (AvgIpc) is 2.43. The van der Waals surface area contributed by atoms with Crippen LogP contribution in [-0.4, -0.2) is 77.5 Å². The Morgan fingerprint density at radius 3 is 2.40 bits per heavy atom. The lowest BCUT2D eigenvalue weighted by Crippen LogP contribution is -2.54. The summed E-state index contributed by atoms with van der Waals surface area (Å²) in [7, 11) is 3.25. The average molecular weight is 285 g/mol. The van der Waals surface area contributed by atoms with E-state index in [1.165, 1.54) is 14.7 Å². The number of carboxylic acids is 1. The number of carboxylic acid groups (broad SMARTS) is 1. The number of amides is 3. The zero-order valence-corrected chi connectivity index (χ0v) is 12.3. The first-order chi connectivity index (χ1) is 9.38. The van der Waals surface area contributed by atoms with Crippen molar-refractivity contribution in [2.75, 3.05) is 33.7 Å². The summed E-state index contributed by atoms with van der Waals surface area (Å²) in [6.07, 6.45) is 2.08. The van der Waals surface area contributed by atoms with Gasteiger partial charge in [0.05, 0.1) is 0 Å². The number of carbonyl (C=O) groups is 3. The van der Waals surface area contributed by atoms with Crippen LogP contribution in [0, 0.1) is 0 Å². The topological polar surface area (TPSA) is 81.2 Å². The first-order valence-electron chi connectivity index (χ1n) is 6.87. The second kappa shape index (κ2) is 7.12. The van der Waals surface area contributed by atoms with Crippen LogP contribution in [0.5, 0.6) is 0 Å². The van der Waals surface area contributed by atoms with E-state index in [-0.39, 0.29) is 18.5 Å². The minimum Gasteiger partial charge on any atom is -0.480 e. The van der Waals surface area contributed by atoms with Gasteiger partial charge in [0, 0.05) is 27.2 Å². The number of piperidine rings is 1. The number of likely N-dealkylation sites (N-methyl/N-ethyl adjacent to an activating group) is 2. The molecule has 1 aliphatic rings. The summed E-state index contributed by atoms with van der Waals surface area (Å²) < 4.78 is 0. The summed E-state index contributed by atoms with van der Waals surface area (Å²) in [6.45, 7) is 2.56. The zero-order valence-electron chi connectivity index (χ0n) is 12.3. The predicted octanol–water partition coefficient (Wildman–Crippen LogP) is 0.456. The molecule has 0 radical (unpaired) electrons. The molecule has 1 heterocycles. The summed E-state index contributed by atoms with van der Waals surface area (Å²) in [5, 5.41) is 9.19. The molecule has 114 valence electrons. The van der Waals surface area contributed by atoms with Crippen molar-refractivity contribution >= 4 is 17.9 Å². The lowest BCUT2D eigenvalue weighted by atomic mass is 10.0. The van der Waals surface area contributed by atoms with Gasteiger partial charge in [0.2, 0.25) is 5.91 Å². The number of likely N-dealkylation sites (tertiary alicyclic amines) is 1. The Morgan fingerprint density at radius 1 is 1.25 bits per heavy atom. The third-order valence-corrected chi connectivity index (χ3v) is 3.51. The van der Waals surface area contributed by atoms with E-state index >= 15 is 0 Å². The van der Waals surface area contributed by atoms with Crippen LogP contribution in [-0.2, 0) is 9.59 Å². The predicted molar refractivity (Wildman–Crippen MR) is 73.3 cm³/mol. The summed E-state index contributed by atoms with van der Waals surface area (Å²) in [5.41, 5.74) is 0. The number of urea groups is 1. The maximum Gasteiger partial charge on any atom is 0.326 e. The molecule has 0 spiro atoms. The van der Waals surface area contributed by atoms with E-state index in [1.54, 1.807) is 21.0 Å². The first-order valence-corrected chi connectivity index (χ1v) is 6.87. The van der Waals surface area contributed by atoms with Gasteiger partial charge in [0.25, 0.3) is 0 Å². The zero-order chi connectivity index (χ0) is 15.3. The molecular weight excluding hydrogens is 262 g/mol. The number of rotatable bonds is 4. The third kappa shape index (κ3) is 3.85. The molecular formula is C13H23N3O4. The van der Waals surface area contributed by atoms with E-state index in [4.69, 9.17) is 0 Å². The molecule has 7 heteroatoms. The molecule has 0 aliphatic carbocycles. The number of hydrogen-bond donors (Lipinski definition) is 1. The fraction of sp³-hybridized carbons (Fsp3) is 0.769. The summed E-state index contributed by atoms with van der Waals surface area (Å²) in [4.78, 5) is 39.5. The van der Waals surface area contributed by atoms with E-state index < -0.39 is 12.0 Å². The van der Waals surface area contributed by atoms with Crippen LogP contribution in [0.15, 0.2) is 0 Å². The molecule has 1 rings (SSSR count). The smallest absolute Gasteiger partial charge is 0.326 e. The van der Waals surface area contributed by atoms with Crippen molar-refractivity contribution < 1.29 is 19.5 Å². The molecule has 0 aromatic carbocycles. The van der Waals surface area contributed by atoms with Crippen molar-refractivity contribution in [3.63, 3.8) is 0 Å². The molecule has 1 atom stereocenters. The van der Waals surface area contributed by atoms with Crippen LogP contribution in [0.4, 0.5) is 4.79 Å². The Bertz CT molecular complexity index is 384. The second-order valence-corrected chi connectivity index (χ2v) is 5.13. The monoisotopic (exact) mass is 285 g/mol. The summed E-state index contributed by atoms with van der Waals surface area (Å²) >= 11 is 0. The number of nitrogens with zero attached hydrogens (tertiary/aromatic N) is 3. The Kier molecular flexibility index (Phi) is 5.79. The Morgan fingerprint density at radius 2 is 1.90 bits per heavy atom. The standard InChI is InChI=1S/C13H23N3O4/c1-4-15(9-11(17)14(2)3)13(20)16-8-6-5-7-10(16)12(18)19/h10H,4-9H2,1-3H3,(H,18,19). The Hall–Kier alpha value is -1.79. The van der Waals surface area contributed by atoms with E-state index in [9.17, 15) is 19.5 Å².